The predicted octanol–water partition coefficient (Wildman–Crippen LogP) is 3.99. The Morgan fingerprint density at radius 3 is 2.51 bits per heavy atom. The summed E-state index contributed by atoms with van der Waals surface area (Å²) in [4.78, 5) is 44.5. The van der Waals surface area contributed by atoms with Crippen LogP contribution in [0.25, 0.3) is 5.76 Å². The van der Waals surface area contributed by atoms with Crippen molar-refractivity contribution < 1.29 is 29.0 Å². The van der Waals surface area contributed by atoms with E-state index < -0.39 is 23.1 Å². The highest BCUT2D eigenvalue weighted by molar-refractivity contribution is 6.50. The van der Waals surface area contributed by atoms with Crippen LogP contribution in [0.4, 0.5) is 5.69 Å². The number of ether oxygens (including phenoxy) is 2. The fraction of sp³-hybridized carbons (Fsp3) is 0.414. The van der Waals surface area contributed by atoms with Gasteiger partial charge in [0.2, 0.25) is 0 Å². The summed E-state index contributed by atoms with van der Waals surface area (Å²) in [6, 6.07) is 13.9. The Labute approximate surface area is 216 Å². The molecule has 8 nitrogen and oxygen atoms in total. The monoisotopic (exact) mass is 504 g/mol. The van der Waals surface area contributed by atoms with Gasteiger partial charge in [0.15, 0.2) is 5.54 Å². The molecule has 0 radical (unpaired) electrons. The van der Waals surface area contributed by atoms with Gasteiger partial charge in [-0.25, -0.2) is 0 Å². The summed E-state index contributed by atoms with van der Waals surface area (Å²) in [6.07, 6.45) is 2.83. The highest BCUT2D eigenvalue weighted by Crippen LogP contribution is 2.53. The van der Waals surface area contributed by atoms with Crippen LogP contribution in [0.2, 0.25) is 0 Å². The van der Waals surface area contributed by atoms with Gasteiger partial charge < -0.3 is 24.4 Å². The first-order valence-corrected chi connectivity index (χ1v) is 13.0. The number of hydrogen-bond acceptors (Lipinski definition) is 6. The third kappa shape index (κ3) is 3.91. The van der Waals surface area contributed by atoms with Crippen molar-refractivity contribution in [3.05, 3.63) is 65.2 Å². The Morgan fingerprint density at radius 1 is 1.08 bits per heavy atom. The fourth-order valence-corrected chi connectivity index (χ4v) is 5.63. The lowest BCUT2D eigenvalue weighted by Gasteiger charge is -2.35. The maximum absolute atomic E-state index is 14.3. The van der Waals surface area contributed by atoms with E-state index in [-0.39, 0.29) is 24.0 Å². The number of Topliss-reactive ketones (excluding diaryl/α,β-unsaturated/α-hetero) is 1. The number of para-hydroxylation sites is 1. The van der Waals surface area contributed by atoms with Gasteiger partial charge in [-0.1, -0.05) is 32.0 Å². The molecule has 2 aromatic carbocycles. The van der Waals surface area contributed by atoms with Gasteiger partial charge in [-0.15, -0.1) is 0 Å². The number of carbonyl (C=O) groups excluding carboxylic acids is 3. The van der Waals surface area contributed by atoms with E-state index in [1.807, 2.05) is 26.0 Å². The van der Waals surface area contributed by atoms with E-state index in [1.54, 1.807) is 41.3 Å². The standard InChI is InChI=1S/C29H32N2O6/c1-3-15-30-23-10-6-5-9-22(23)29(28(30)35)24(25(32)19-11-13-20(14-12-19)36-16-4-2)26(33)27(34)31(29)18-21-8-7-17-37-21/h5-6,9-14,21,32H,3-4,7-8,15-18H2,1-2H3. The Morgan fingerprint density at radius 2 is 1.84 bits per heavy atom. The molecule has 3 aliphatic heterocycles. The van der Waals surface area contributed by atoms with Crippen molar-refractivity contribution in [3.63, 3.8) is 0 Å². The summed E-state index contributed by atoms with van der Waals surface area (Å²) in [5, 5.41) is 11.6. The molecule has 2 amide bonds. The average Bonchev–Trinajstić information content (AvgIpc) is 3.57. The zero-order valence-electron chi connectivity index (χ0n) is 21.2. The molecule has 0 aliphatic carbocycles. The minimum Gasteiger partial charge on any atom is -0.507 e. The second-order valence-corrected chi connectivity index (χ2v) is 9.66. The first-order chi connectivity index (χ1) is 17.9. The topological polar surface area (TPSA) is 96.4 Å². The zero-order valence-corrected chi connectivity index (χ0v) is 21.2. The number of ketones is 1. The van der Waals surface area contributed by atoms with Crippen LogP contribution in [0.15, 0.2) is 54.1 Å². The van der Waals surface area contributed by atoms with Crippen molar-refractivity contribution in [2.24, 2.45) is 0 Å². The molecule has 3 aliphatic rings. The summed E-state index contributed by atoms with van der Waals surface area (Å²) in [6.45, 7) is 5.61. The van der Waals surface area contributed by atoms with Crippen molar-refractivity contribution in [1.82, 2.24) is 4.90 Å². The van der Waals surface area contributed by atoms with Gasteiger partial charge >= 0.3 is 0 Å². The van der Waals surface area contributed by atoms with E-state index in [0.717, 1.165) is 19.3 Å². The van der Waals surface area contributed by atoms with Crippen molar-refractivity contribution in [1.29, 1.82) is 0 Å². The number of carbonyl (C=O) groups is 3. The first-order valence-electron chi connectivity index (χ1n) is 13.0. The third-order valence-electron chi connectivity index (χ3n) is 7.27. The maximum Gasteiger partial charge on any atom is 0.296 e. The average molecular weight is 505 g/mol. The molecule has 2 atom stereocenters. The normalized spacial score (nSPS) is 24.4. The summed E-state index contributed by atoms with van der Waals surface area (Å²) in [5.41, 5.74) is -0.461. The van der Waals surface area contributed by atoms with Gasteiger partial charge in [0.05, 0.1) is 24.0 Å². The van der Waals surface area contributed by atoms with Gasteiger partial charge in [0.1, 0.15) is 11.5 Å². The van der Waals surface area contributed by atoms with E-state index in [4.69, 9.17) is 9.47 Å². The molecule has 0 saturated carbocycles. The van der Waals surface area contributed by atoms with Crippen molar-refractivity contribution in [2.75, 3.05) is 31.2 Å². The summed E-state index contributed by atoms with van der Waals surface area (Å²) in [5.74, 6) is -1.83. The molecule has 0 aromatic heterocycles. The highest BCUT2D eigenvalue weighted by atomic mass is 16.5. The number of nitrogens with zero attached hydrogens (tertiary/aromatic N) is 2. The molecular weight excluding hydrogens is 472 g/mol. The Kier molecular flexibility index (Phi) is 6.77. The number of anilines is 1. The number of fused-ring (bicyclic) bond motifs is 2. The SMILES string of the molecule is CCCOc1ccc(C(O)=C2C(=O)C(=O)N(CC3CCCO3)C23C(=O)N(CCC)c2ccccc23)cc1. The molecule has 2 aromatic rings. The molecule has 2 unspecified atom stereocenters. The molecule has 37 heavy (non-hydrogen) atoms. The van der Waals surface area contributed by atoms with Crippen LogP contribution in [0.3, 0.4) is 0 Å². The molecule has 0 bridgehead atoms. The Balaban J connectivity index is 1.71. The number of aliphatic hydroxyl groups is 1. The van der Waals surface area contributed by atoms with Crippen LogP contribution in [0.5, 0.6) is 5.75 Å². The predicted molar refractivity (Wildman–Crippen MR) is 138 cm³/mol. The van der Waals surface area contributed by atoms with E-state index in [2.05, 4.69) is 0 Å². The van der Waals surface area contributed by atoms with E-state index in [1.165, 1.54) is 4.90 Å². The van der Waals surface area contributed by atoms with E-state index >= 15 is 0 Å². The lowest BCUT2D eigenvalue weighted by atomic mass is 9.81. The van der Waals surface area contributed by atoms with Crippen LogP contribution < -0.4 is 9.64 Å². The van der Waals surface area contributed by atoms with Crippen LogP contribution in [-0.4, -0.2) is 60.0 Å². The number of aliphatic hydroxyl groups excluding tert-OH is 1. The molecular formula is C29H32N2O6. The number of amides is 2. The van der Waals surface area contributed by atoms with Gasteiger partial charge in [0.25, 0.3) is 17.6 Å². The minimum absolute atomic E-state index is 0.0885. The van der Waals surface area contributed by atoms with Crippen molar-refractivity contribution in [3.8, 4) is 5.75 Å². The molecule has 194 valence electrons. The zero-order chi connectivity index (χ0) is 26.2. The minimum atomic E-state index is -1.76. The maximum atomic E-state index is 14.3. The molecule has 1 N–H and O–H groups in total. The Bertz CT molecular complexity index is 1250. The van der Waals surface area contributed by atoms with Crippen LogP contribution >= 0.6 is 0 Å². The summed E-state index contributed by atoms with van der Waals surface area (Å²) in [7, 11) is 0. The smallest absolute Gasteiger partial charge is 0.296 e. The number of hydrogen-bond donors (Lipinski definition) is 1. The molecule has 1 spiro atoms. The molecule has 2 fully saturated rings. The van der Waals surface area contributed by atoms with Gasteiger partial charge in [-0.05, 0) is 56.0 Å². The molecule has 5 rings (SSSR count). The van der Waals surface area contributed by atoms with Crippen LogP contribution in [0.1, 0.15) is 50.7 Å². The lowest BCUT2D eigenvalue weighted by molar-refractivity contribution is -0.145. The fourth-order valence-electron chi connectivity index (χ4n) is 5.63. The quantitative estimate of drug-likeness (QED) is 0.332. The van der Waals surface area contributed by atoms with Gasteiger partial charge in [0, 0.05) is 30.8 Å². The lowest BCUT2D eigenvalue weighted by Crippen LogP contribution is -2.53. The molecule has 2 saturated heterocycles. The summed E-state index contributed by atoms with van der Waals surface area (Å²) >= 11 is 0. The molecule has 3 heterocycles. The van der Waals surface area contributed by atoms with Crippen molar-refractivity contribution in [2.45, 2.75) is 51.2 Å². The largest absolute Gasteiger partial charge is 0.507 e. The Hall–Kier alpha value is -3.65. The van der Waals surface area contributed by atoms with E-state index in [0.29, 0.717) is 48.7 Å². The second kappa shape index (κ2) is 10.0. The number of likely N-dealkylation sites (tertiary alicyclic amines) is 1. The van der Waals surface area contributed by atoms with Crippen LogP contribution in [-0.2, 0) is 24.7 Å². The van der Waals surface area contributed by atoms with Crippen LogP contribution in [0, 0.1) is 0 Å². The second-order valence-electron chi connectivity index (χ2n) is 9.66. The number of benzene rings is 2. The van der Waals surface area contributed by atoms with Gasteiger partial charge in [-0.3, -0.25) is 14.4 Å². The van der Waals surface area contributed by atoms with E-state index in [9.17, 15) is 19.5 Å². The number of rotatable bonds is 8. The van der Waals surface area contributed by atoms with Crippen molar-refractivity contribution >= 4 is 29.0 Å². The first kappa shape index (κ1) is 25.0. The van der Waals surface area contributed by atoms with Gasteiger partial charge in [-0.2, -0.15) is 0 Å². The molecule has 8 heteroatoms. The highest BCUT2D eigenvalue weighted by Gasteiger charge is 2.67. The third-order valence-corrected chi connectivity index (χ3v) is 7.27. The summed E-state index contributed by atoms with van der Waals surface area (Å²) < 4.78 is 11.4.